The Bertz CT molecular complexity index is 734. The second-order valence-electron chi connectivity index (χ2n) is 5.91. The monoisotopic (exact) mass is 300 g/mol. The van der Waals surface area contributed by atoms with Crippen molar-refractivity contribution in [2.45, 2.75) is 25.2 Å². The van der Waals surface area contributed by atoms with E-state index >= 15 is 0 Å². The highest BCUT2D eigenvalue weighted by Gasteiger charge is 2.48. The molecule has 4 rings (SSSR count). The average molecular weight is 300 g/mol. The molecule has 3 atom stereocenters. The Balaban J connectivity index is 1.70. The van der Waals surface area contributed by atoms with Crippen molar-refractivity contribution in [2.24, 2.45) is 11.8 Å². The van der Waals surface area contributed by atoms with E-state index in [1.54, 1.807) is 18.2 Å². The molecule has 2 aliphatic heterocycles. The fourth-order valence-electron chi connectivity index (χ4n) is 3.74. The van der Waals surface area contributed by atoms with Crippen LogP contribution in [0.2, 0.25) is 0 Å². The SMILES string of the molecule is O=C1OC(=O)c2c1cccc2C1CCC2C(=O)OC(=O)C2C1. The minimum absolute atomic E-state index is 0.0619. The summed E-state index contributed by atoms with van der Waals surface area (Å²) in [4.78, 5) is 46.9. The van der Waals surface area contributed by atoms with Crippen molar-refractivity contribution in [1.29, 1.82) is 0 Å². The summed E-state index contributed by atoms with van der Waals surface area (Å²) < 4.78 is 9.36. The third-order valence-corrected chi connectivity index (χ3v) is 4.80. The quantitative estimate of drug-likeness (QED) is 0.578. The van der Waals surface area contributed by atoms with Gasteiger partial charge in [-0.25, -0.2) is 9.59 Å². The first-order valence-electron chi connectivity index (χ1n) is 7.21. The lowest BCUT2D eigenvalue weighted by Crippen LogP contribution is -2.26. The lowest BCUT2D eigenvalue weighted by molar-refractivity contribution is -0.153. The molecule has 2 heterocycles. The van der Waals surface area contributed by atoms with Crippen molar-refractivity contribution in [3.8, 4) is 0 Å². The molecule has 6 heteroatoms. The van der Waals surface area contributed by atoms with E-state index in [-0.39, 0.29) is 17.4 Å². The standard InChI is InChI=1S/C16H12O6/c17-13-9-5-4-7(6-11(9)15(19)21-13)8-2-1-3-10-12(8)16(20)22-14(10)18/h1-3,7,9,11H,4-6H2. The highest BCUT2D eigenvalue weighted by molar-refractivity contribution is 6.15. The van der Waals surface area contributed by atoms with E-state index in [0.29, 0.717) is 24.8 Å². The van der Waals surface area contributed by atoms with Gasteiger partial charge in [-0.2, -0.15) is 0 Å². The van der Waals surface area contributed by atoms with Crippen LogP contribution in [0.1, 0.15) is 51.5 Å². The summed E-state index contributed by atoms with van der Waals surface area (Å²) in [7, 11) is 0. The molecular formula is C16H12O6. The summed E-state index contributed by atoms with van der Waals surface area (Å²) in [5.74, 6) is -3.07. The molecule has 1 aromatic rings. The maximum atomic E-state index is 11.9. The van der Waals surface area contributed by atoms with Crippen LogP contribution in [0.15, 0.2) is 18.2 Å². The Morgan fingerprint density at radius 2 is 1.64 bits per heavy atom. The van der Waals surface area contributed by atoms with Crippen LogP contribution < -0.4 is 0 Å². The highest BCUT2D eigenvalue weighted by atomic mass is 16.6. The minimum atomic E-state index is -0.636. The molecule has 0 aromatic heterocycles. The van der Waals surface area contributed by atoms with Gasteiger partial charge in [0.05, 0.1) is 23.0 Å². The van der Waals surface area contributed by atoms with Gasteiger partial charge >= 0.3 is 23.9 Å². The summed E-state index contributed by atoms with van der Waals surface area (Å²) in [6.45, 7) is 0. The zero-order chi connectivity index (χ0) is 15.4. The molecule has 3 unspecified atom stereocenters. The maximum absolute atomic E-state index is 11.9. The molecule has 0 amide bonds. The Kier molecular flexibility index (Phi) is 2.69. The summed E-state index contributed by atoms with van der Waals surface area (Å²) in [6, 6.07) is 5.05. The predicted octanol–water partition coefficient (Wildman–Crippen LogP) is 1.58. The maximum Gasteiger partial charge on any atom is 0.347 e. The van der Waals surface area contributed by atoms with E-state index in [4.69, 9.17) is 4.74 Å². The first-order chi connectivity index (χ1) is 10.6. The second-order valence-corrected chi connectivity index (χ2v) is 5.91. The molecule has 1 aliphatic carbocycles. The van der Waals surface area contributed by atoms with Crippen LogP contribution in [0.5, 0.6) is 0 Å². The van der Waals surface area contributed by atoms with Crippen molar-refractivity contribution < 1.29 is 28.7 Å². The van der Waals surface area contributed by atoms with Crippen LogP contribution in [0.25, 0.3) is 0 Å². The third kappa shape index (κ3) is 1.73. The van der Waals surface area contributed by atoms with E-state index in [2.05, 4.69) is 4.74 Å². The third-order valence-electron chi connectivity index (χ3n) is 4.80. The van der Waals surface area contributed by atoms with Crippen LogP contribution in [-0.4, -0.2) is 23.9 Å². The van der Waals surface area contributed by atoms with E-state index in [1.807, 2.05) is 0 Å². The topological polar surface area (TPSA) is 86.7 Å². The number of rotatable bonds is 1. The minimum Gasteiger partial charge on any atom is -0.393 e. The number of hydrogen-bond acceptors (Lipinski definition) is 6. The number of carbonyl (C=O) groups is 4. The van der Waals surface area contributed by atoms with Gasteiger partial charge in [0.2, 0.25) is 0 Å². The van der Waals surface area contributed by atoms with Crippen LogP contribution >= 0.6 is 0 Å². The van der Waals surface area contributed by atoms with E-state index < -0.39 is 29.8 Å². The molecule has 0 radical (unpaired) electrons. The van der Waals surface area contributed by atoms with E-state index in [0.717, 1.165) is 5.56 Å². The van der Waals surface area contributed by atoms with Gasteiger partial charge in [0.25, 0.3) is 0 Å². The molecular weight excluding hydrogens is 288 g/mol. The van der Waals surface area contributed by atoms with Crippen molar-refractivity contribution >= 4 is 23.9 Å². The largest absolute Gasteiger partial charge is 0.393 e. The lowest BCUT2D eigenvalue weighted by atomic mass is 9.72. The lowest BCUT2D eigenvalue weighted by Gasteiger charge is -2.28. The number of fused-ring (bicyclic) bond motifs is 2. The molecule has 22 heavy (non-hydrogen) atoms. The molecule has 3 aliphatic rings. The second kappa shape index (κ2) is 4.50. The zero-order valence-corrected chi connectivity index (χ0v) is 11.5. The number of ether oxygens (including phenoxy) is 2. The first-order valence-corrected chi connectivity index (χ1v) is 7.21. The number of benzene rings is 1. The van der Waals surface area contributed by atoms with Crippen LogP contribution in [0.4, 0.5) is 0 Å². The van der Waals surface area contributed by atoms with Gasteiger partial charge < -0.3 is 9.47 Å². The molecule has 1 aromatic carbocycles. The Hall–Kier alpha value is -2.50. The molecule has 112 valence electrons. The smallest absolute Gasteiger partial charge is 0.347 e. The molecule has 0 spiro atoms. The van der Waals surface area contributed by atoms with Crippen molar-refractivity contribution in [3.63, 3.8) is 0 Å². The fourth-order valence-corrected chi connectivity index (χ4v) is 3.74. The predicted molar refractivity (Wildman–Crippen MR) is 70.9 cm³/mol. The molecule has 1 saturated carbocycles. The summed E-state index contributed by atoms with van der Waals surface area (Å²) >= 11 is 0. The molecule has 6 nitrogen and oxygen atoms in total. The highest BCUT2D eigenvalue weighted by Crippen LogP contribution is 2.45. The van der Waals surface area contributed by atoms with Gasteiger partial charge in [-0.05, 0) is 36.8 Å². The number of carbonyl (C=O) groups excluding carboxylic acids is 4. The molecule has 0 bridgehead atoms. The number of esters is 4. The average Bonchev–Trinajstić information content (AvgIpc) is 2.96. The zero-order valence-electron chi connectivity index (χ0n) is 11.5. The summed E-state index contributed by atoms with van der Waals surface area (Å²) in [5, 5.41) is 0. The van der Waals surface area contributed by atoms with Gasteiger partial charge in [0.1, 0.15) is 0 Å². The molecule has 2 fully saturated rings. The summed E-state index contributed by atoms with van der Waals surface area (Å²) in [6.07, 6.45) is 1.67. The van der Waals surface area contributed by atoms with E-state index in [1.165, 1.54) is 0 Å². The number of hydrogen-bond donors (Lipinski definition) is 0. The summed E-state index contributed by atoms with van der Waals surface area (Å²) in [5.41, 5.74) is 1.29. The first kappa shape index (κ1) is 13.2. The van der Waals surface area contributed by atoms with Gasteiger partial charge in [-0.15, -0.1) is 0 Å². The van der Waals surface area contributed by atoms with Gasteiger partial charge in [-0.3, -0.25) is 9.59 Å². The van der Waals surface area contributed by atoms with Crippen molar-refractivity contribution in [2.75, 3.05) is 0 Å². The normalized spacial score (nSPS) is 29.9. The van der Waals surface area contributed by atoms with Gasteiger partial charge in [-0.1, -0.05) is 12.1 Å². The number of cyclic esters (lactones) is 4. The van der Waals surface area contributed by atoms with Crippen molar-refractivity contribution in [1.82, 2.24) is 0 Å². The van der Waals surface area contributed by atoms with Gasteiger partial charge in [0.15, 0.2) is 0 Å². The van der Waals surface area contributed by atoms with E-state index in [9.17, 15) is 19.2 Å². The van der Waals surface area contributed by atoms with Crippen molar-refractivity contribution in [3.05, 3.63) is 34.9 Å². The van der Waals surface area contributed by atoms with Crippen LogP contribution in [0.3, 0.4) is 0 Å². The van der Waals surface area contributed by atoms with Gasteiger partial charge in [0, 0.05) is 0 Å². The molecule has 1 saturated heterocycles. The Morgan fingerprint density at radius 3 is 2.45 bits per heavy atom. The Labute approximate surface area is 125 Å². The van der Waals surface area contributed by atoms with Crippen LogP contribution in [0, 0.1) is 11.8 Å². The molecule has 0 N–H and O–H groups in total. The fraction of sp³-hybridized carbons (Fsp3) is 0.375. The Morgan fingerprint density at radius 1 is 0.864 bits per heavy atom. The van der Waals surface area contributed by atoms with Crippen LogP contribution in [-0.2, 0) is 19.1 Å².